The maximum atomic E-state index is 14.2. The molecule has 0 fully saturated rings. The van der Waals surface area contributed by atoms with Crippen LogP contribution in [0.4, 0.5) is 17.6 Å². The molecule has 3 aromatic rings. The van der Waals surface area contributed by atoms with Crippen molar-refractivity contribution in [2.75, 3.05) is 6.54 Å². The number of carbonyl (C=O) groups is 1. The molecule has 148 valence electrons. The largest absolute Gasteiger partial charge is 0.350 e. The van der Waals surface area contributed by atoms with E-state index < -0.39 is 35.9 Å². The number of aromatic nitrogens is 4. The van der Waals surface area contributed by atoms with Crippen LogP contribution >= 0.6 is 0 Å². The van der Waals surface area contributed by atoms with Gasteiger partial charge in [0.1, 0.15) is 11.5 Å². The third kappa shape index (κ3) is 4.10. The molecular formula is C18H17F4N5O. The van der Waals surface area contributed by atoms with E-state index in [1.54, 1.807) is 0 Å². The summed E-state index contributed by atoms with van der Waals surface area (Å²) in [5.74, 6) is -1.81. The number of nitrogens with one attached hydrogen (secondary N) is 2. The molecule has 28 heavy (non-hydrogen) atoms. The number of halogens is 4. The number of H-pyrrole nitrogens is 1. The van der Waals surface area contributed by atoms with Crippen LogP contribution in [0.3, 0.4) is 0 Å². The van der Waals surface area contributed by atoms with Gasteiger partial charge in [-0.1, -0.05) is 13.8 Å². The number of alkyl halides is 2. The fourth-order valence-electron chi connectivity index (χ4n) is 2.73. The van der Waals surface area contributed by atoms with Gasteiger partial charge in [0.15, 0.2) is 11.6 Å². The standard InChI is InChI=1S/C18H17F4N5O/c1-18(2,17(28)26-8-14(21)22)4-13-12(20)7-25-16(27-13)11-6-24-15-10(11)3-9(19)5-23-15/h3,5-7,14H,4,8H2,1-2H3,(H,23,24)(H,26,28). The van der Waals surface area contributed by atoms with Crippen LogP contribution in [0.25, 0.3) is 22.4 Å². The van der Waals surface area contributed by atoms with Gasteiger partial charge in [-0.05, 0) is 6.07 Å². The molecule has 0 aliphatic rings. The lowest BCUT2D eigenvalue weighted by molar-refractivity contribution is -0.130. The Labute approximate surface area is 157 Å². The lowest BCUT2D eigenvalue weighted by atomic mass is 9.86. The monoisotopic (exact) mass is 395 g/mol. The molecule has 6 nitrogen and oxygen atoms in total. The summed E-state index contributed by atoms with van der Waals surface area (Å²) in [6, 6.07) is 1.25. The van der Waals surface area contributed by atoms with E-state index in [1.807, 2.05) is 0 Å². The molecule has 0 unspecified atom stereocenters. The van der Waals surface area contributed by atoms with Crippen molar-refractivity contribution in [3.05, 3.63) is 42.0 Å². The number of fused-ring (bicyclic) bond motifs is 1. The van der Waals surface area contributed by atoms with Gasteiger partial charge in [0, 0.05) is 29.0 Å². The van der Waals surface area contributed by atoms with Gasteiger partial charge in [-0.25, -0.2) is 32.5 Å². The fraction of sp³-hybridized carbons (Fsp3) is 0.333. The number of rotatable bonds is 6. The minimum atomic E-state index is -2.68. The Hall–Kier alpha value is -3.04. The number of carbonyl (C=O) groups excluding carboxylic acids is 1. The summed E-state index contributed by atoms with van der Waals surface area (Å²) in [5.41, 5.74) is -0.406. The second-order valence-corrected chi connectivity index (χ2v) is 6.90. The first-order valence-corrected chi connectivity index (χ1v) is 8.38. The molecule has 0 bridgehead atoms. The highest BCUT2D eigenvalue weighted by Gasteiger charge is 2.30. The number of pyridine rings is 1. The summed E-state index contributed by atoms with van der Waals surface area (Å²) in [6.07, 6.45) is 0.710. The first-order valence-electron chi connectivity index (χ1n) is 8.38. The van der Waals surface area contributed by atoms with Crippen molar-refractivity contribution in [3.8, 4) is 11.4 Å². The van der Waals surface area contributed by atoms with E-state index in [2.05, 4.69) is 25.3 Å². The quantitative estimate of drug-likeness (QED) is 0.628. The molecule has 2 N–H and O–H groups in total. The number of nitrogens with zero attached hydrogens (tertiary/aromatic N) is 3. The molecule has 1 amide bonds. The van der Waals surface area contributed by atoms with Crippen molar-refractivity contribution >= 4 is 16.9 Å². The maximum Gasteiger partial charge on any atom is 0.255 e. The molecule has 0 aliphatic heterocycles. The summed E-state index contributed by atoms with van der Waals surface area (Å²) >= 11 is 0. The molecule has 0 radical (unpaired) electrons. The van der Waals surface area contributed by atoms with E-state index in [4.69, 9.17) is 0 Å². The van der Waals surface area contributed by atoms with Crippen LogP contribution in [-0.4, -0.2) is 38.8 Å². The summed E-state index contributed by atoms with van der Waals surface area (Å²) in [5, 5.41) is 2.55. The number of aromatic amines is 1. The van der Waals surface area contributed by atoms with E-state index in [0.717, 1.165) is 12.4 Å². The minimum Gasteiger partial charge on any atom is -0.350 e. The molecule has 0 saturated carbocycles. The van der Waals surface area contributed by atoms with E-state index in [0.29, 0.717) is 16.6 Å². The molecule has 3 aromatic heterocycles. The zero-order chi connectivity index (χ0) is 20.5. The summed E-state index contributed by atoms with van der Waals surface area (Å²) in [6.45, 7) is 2.22. The van der Waals surface area contributed by atoms with Crippen molar-refractivity contribution in [1.29, 1.82) is 0 Å². The SMILES string of the molecule is CC(C)(Cc1nc(-c2c[nH]c3ncc(F)cc23)ncc1F)C(=O)NCC(F)F. The van der Waals surface area contributed by atoms with Crippen LogP contribution in [0, 0.1) is 17.0 Å². The maximum absolute atomic E-state index is 14.2. The molecule has 3 heterocycles. The Morgan fingerprint density at radius 2 is 2.00 bits per heavy atom. The van der Waals surface area contributed by atoms with Crippen molar-refractivity contribution in [1.82, 2.24) is 25.3 Å². The Balaban J connectivity index is 1.91. The van der Waals surface area contributed by atoms with Crippen LogP contribution in [0.2, 0.25) is 0 Å². The molecule has 3 rings (SSSR count). The molecule has 0 saturated heterocycles. The van der Waals surface area contributed by atoms with Crippen molar-refractivity contribution in [2.24, 2.45) is 5.41 Å². The Kier molecular flexibility index (Phi) is 5.30. The van der Waals surface area contributed by atoms with E-state index in [-0.39, 0.29) is 17.9 Å². The van der Waals surface area contributed by atoms with E-state index in [9.17, 15) is 22.4 Å². The average molecular weight is 395 g/mol. The van der Waals surface area contributed by atoms with Crippen molar-refractivity contribution in [2.45, 2.75) is 26.7 Å². The second kappa shape index (κ2) is 7.53. The molecular weight excluding hydrogens is 378 g/mol. The predicted octanol–water partition coefficient (Wildman–Crippen LogP) is 3.25. The molecule has 0 aromatic carbocycles. The van der Waals surface area contributed by atoms with Gasteiger partial charge in [0.25, 0.3) is 6.43 Å². The Morgan fingerprint density at radius 3 is 2.71 bits per heavy atom. The van der Waals surface area contributed by atoms with Crippen LogP contribution in [-0.2, 0) is 11.2 Å². The zero-order valence-electron chi connectivity index (χ0n) is 15.1. The van der Waals surface area contributed by atoms with Gasteiger partial charge in [0.2, 0.25) is 5.91 Å². The third-order valence-corrected chi connectivity index (χ3v) is 4.20. The van der Waals surface area contributed by atoms with Gasteiger partial charge in [-0.3, -0.25) is 4.79 Å². The summed E-state index contributed by atoms with van der Waals surface area (Å²) < 4.78 is 52.4. The van der Waals surface area contributed by atoms with E-state index in [1.165, 1.54) is 26.1 Å². The zero-order valence-corrected chi connectivity index (χ0v) is 15.1. The minimum absolute atomic E-state index is 0.0547. The van der Waals surface area contributed by atoms with Crippen LogP contribution in [0.15, 0.2) is 24.7 Å². The number of amides is 1. The van der Waals surface area contributed by atoms with Gasteiger partial charge in [-0.2, -0.15) is 0 Å². The Bertz CT molecular complexity index is 1020. The highest BCUT2D eigenvalue weighted by Crippen LogP contribution is 2.28. The van der Waals surface area contributed by atoms with Crippen LogP contribution in [0.1, 0.15) is 19.5 Å². The van der Waals surface area contributed by atoms with E-state index >= 15 is 0 Å². The third-order valence-electron chi connectivity index (χ3n) is 4.20. The van der Waals surface area contributed by atoms with Crippen LogP contribution < -0.4 is 5.32 Å². The van der Waals surface area contributed by atoms with Crippen molar-refractivity contribution < 1.29 is 22.4 Å². The van der Waals surface area contributed by atoms with Gasteiger partial charge >= 0.3 is 0 Å². The summed E-state index contributed by atoms with van der Waals surface area (Å²) in [4.78, 5) is 27.0. The lowest BCUT2D eigenvalue weighted by Crippen LogP contribution is -2.40. The molecule has 10 heteroatoms. The normalized spacial score (nSPS) is 12.0. The number of hydrogen-bond donors (Lipinski definition) is 2. The smallest absolute Gasteiger partial charge is 0.255 e. The lowest BCUT2D eigenvalue weighted by Gasteiger charge is -2.23. The first kappa shape index (κ1) is 19.7. The highest BCUT2D eigenvalue weighted by molar-refractivity contribution is 5.91. The van der Waals surface area contributed by atoms with Gasteiger partial charge in [-0.15, -0.1) is 0 Å². The second-order valence-electron chi connectivity index (χ2n) is 6.90. The predicted molar refractivity (Wildman–Crippen MR) is 93.5 cm³/mol. The topological polar surface area (TPSA) is 83.6 Å². The number of hydrogen-bond acceptors (Lipinski definition) is 4. The summed E-state index contributed by atoms with van der Waals surface area (Å²) in [7, 11) is 0. The van der Waals surface area contributed by atoms with Crippen molar-refractivity contribution in [3.63, 3.8) is 0 Å². The fourth-order valence-corrected chi connectivity index (χ4v) is 2.73. The highest BCUT2D eigenvalue weighted by atomic mass is 19.3. The molecule has 0 aliphatic carbocycles. The Morgan fingerprint density at radius 1 is 1.25 bits per heavy atom. The van der Waals surface area contributed by atoms with Gasteiger partial charge < -0.3 is 10.3 Å². The average Bonchev–Trinajstić information content (AvgIpc) is 3.04. The molecule has 0 atom stereocenters. The van der Waals surface area contributed by atoms with Gasteiger partial charge in [0.05, 0.1) is 24.6 Å². The first-order chi connectivity index (χ1) is 13.2. The van der Waals surface area contributed by atoms with Crippen LogP contribution in [0.5, 0.6) is 0 Å². The molecule has 0 spiro atoms.